The Morgan fingerprint density at radius 3 is 2.89 bits per heavy atom. The van der Waals surface area contributed by atoms with Crippen molar-refractivity contribution >= 4 is 17.6 Å². The molecule has 0 unspecified atom stereocenters. The first-order valence-electron chi connectivity index (χ1n) is 6.27. The highest BCUT2D eigenvalue weighted by atomic mass is 16.5. The molecule has 1 aromatic rings. The molecule has 0 aromatic heterocycles. The van der Waals surface area contributed by atoms with Gasteiger partial charge in [0.15, 0.2) is 0 Å². The summed E-state index contributed by atoms with van der Waals surface area (Å²) in [5.74, 6) is -0.241. The van der Waals surface area contributed by atoms with Crippen molar-refractivity contribution in [1.29, 1.82) is 0 Å². The summed E-state index contributed by atoms with van der Waals surface area (Å²) < 4.78 is 10.1. The Hall–Kier alpha value is -2.04. The van der Waals surface area contributed by atoms with E-state index in [-0.39, 0.29) is 18.3 Å². The number of hydrogen-bond donors (Lipinski definition) is 1. The zero-order chi connectivity index (χ0) is 13.8. The van der Waals surface area contributed by atoms with E-state index in [0.29, 0.717) is 24.5 Å². The summed E-state index contributed by atoms with van der Waals surface area (Å²) in [5, 5.41) is 2.80. The van der Waals surface area contributed by atoms with Gasteiger partial charge in [-0.15, -0.1) is 0 Å². The van der Waals surface area contributed by atoms with Gasteiger partial charge in [0.25, 0.3) is 0 Å². The monoisotopic (exact) mass is 263 g/mol. The van der Waals surface area contributed by atoms with Crippen LogP contribution in [0.5, 0.6) is 5.75 Å². The van der Waals surface area contributed by atoms with Gasteiger partial charge in [0.1, 0.15) is 5.75 Å². The van der Waals surface area contributed by atoms with E-state index >= 15 is 0 Å². The number of fused-ring (bicyclic) bond motifs is 1. The van der Waals surface area contributed by atoms with Crippen molar-refractivity contribution in [2.45, 2.75) is 19.8 Å². The van der Waals surface area contributed by atoms with E-state index in [2.05, 4.69) is 5.32 Å². The molecule has 1 N–H and O–H groups in total. The van der Waals surface area contributed by atoms with Gasteiger partial charge in [-0.2, -0.15) is 0 Å². The molecule has 1 aliphatic heterocycles. The van der Waals surface area contributed by atoms with Crippen LogP contribution in [-0.2, 0) is 20.7 Å². The standard InChI is InChI=1S/C14H17NO4/c1-3-19-14(17)10-6-9-4-5-11(18-2)8-12(9)15-13(16)7-10/h4-5,8,10H,3,6-7H2,1-2H3,(H,15,16)/t10-/m0/s1. The highest BCUT2D eigenvalue weighted by molar-refractivity contribution is 5.95. The molecule has 1 atom stereocenters. The normalized spacial score (nSPS) is 18.0. The molecule has 1 amide bonds. The van der Waals surface area contributed by atoms with Crippen molar-refractivity contribution < 1.29 is 19.1 Å². The second kappa shape index (κ2) is 5.73. The molecule has 0 saturated heterocycles. The smallest absolute Gasteiger partial charge is 0.309 e. The van der Waals surface area contributed by atoms with Crippen LogP contribution in [0.3, 0.4) is 0 Å². The molecule has 0 fully saturated rings. The molecule has 1 aromatic carbocycles. The molecule has 2 rings (SSSR count). The van der Waals surface area contributed by atoms with Gasteiger partial charge in [0.05, 0.1) is 19.6 Å². The maximum atomic E-state index is 11.8. The van der Waals surface area contributed by atoms with Crippen LogP contribution < -0.4 is 10.1 Å². The SMILES string of the molecule is CCOC(=O)[C@@H]1CC(=O)Nc2cc(OC)ccc2C1. The molecule has 5 nitrogen and oxygen atoms in total. The van der Waals surface area contributed by atoms with Gasteiger partial charge in [-0.1, -0.05) is 6.07 Å². The summed E-state index contributed by atoms with van der Waals surface area (Å²) in [6.45, 7) is 2.08. The Bertz CT molecular complexity index is 498. The van der Waals surface area contributed by atoms with Crippen molar-refractivity contribution in [2.75, 3.05) is 19.0 Å². The van der Waals surface area contributed by atoms with E-state index in [4.69, 9.17) is 9.47 Å². The third-order valence-corrected chi connectivity index (χ3v) is 3.11. The van der Waals surface area contributed by atoms with Gasteiger partial charge in [-0.25, -0.2) is 0 Å². The molecular weight excluding hydrogens is 246 g/mol. The average Bonchev–Trinajstić information content (AvgIpc) is 2.56. The Balaban J connectivity index is 2.26. The summed E-state index contributed by atoms with van der Waals surface area (Å²) >= 11 is 0. The molecule has 102 valence electrons. The zero-order valence-corrected chi connectivity index (χ0v) is 11.1. The largest absolute Gasteiger partial charge is 0.497 e. The molecule has 0 saturated carbocycles. The summed E-state index contributed by atoms with van der Waals surface area (Å²) in [6, 6.07) is 5.45. The van der Waals surface area contributed by atoms with Gasteiger partial charge < -0.3 is 14.8 Å². The topological polar surface area (TPSA) is 64.6 Å². The van der Waals surface area contributed by atoms with Crippen molar-refractivity contribution in [3.63, 3.8) is 0 Å². The minimum atomic E-state index is -0.422. The minimum Gasteiger partial charge on any atom is -0.497 e. The van der Waals surface area contributed by atoms with Crippen LogP contribution in [0, 0.1) is 5.92 Å². The predicted molar refractivity (Wildman–Crippen MR) is 70.1 cm³/mol. The minimum absolute atomic E-state index is 0.149. The van der Waals surface area contributed by atoms with Crippen LogP contribution in [0.25, 0.3) is 0 Å². The number of esters is 1. The van der Waals surface area contributed by atoms with Crippen LogP contribution in [0.1, 0.15) is 18.9 Å². The van der Waals surface area contributed by atoms with Crippen molar-refractivity contribution in [3.8, 4) is 5.75 Å². The maximum absolute atomic E-state index is 11.8. The van der Waals surface area contributed by atoms with Crippen molar-refractivity contribution in [3.05, 3.63) is 23.8 Å². The van der Waals surface area contributed by atoms with Crippen LogP contribution >= 0.6 is 0 Å². The first kappa shape index (κ1) is 13.4. The summed E-state index contributed by atoms with van der Waals surface area (Å²) in [5.41, 5.74) is 1.63. The second-order valence-corrected chi connectivity index (χ2v) is 4.43. The fourth-order valence-electron chi connectivity index (χ4n) is 2.17. The number of carbonyl (C=O) groups is 2. The Labute approximate surface area is 111 Å². The predicted octanol–water partition coefficient (Wildman–Crippen LogP) is 1.76. The van der Waals surface area contributed by atoms with Gasteiger partial charge in [0, 0.05) is 18.2 Å². The van der Waals surface area contributed by atoms with E-state index in [1.165, 1.54) is 0 Å². The number of amides is 1. The molecule has 19 heavy (non-hydrogen) atoms. The number of hydrogen-bond acceptors (Lipinski definition) is 4. The third-order valence-electron chi connectivity index (χ3n) is 3.11. The quantitative estimate of drug-likeness (QED) is 0.844. The van der Waals surface area contributed by atoms with E-state index in [1.54, 1.807) is 20.1 Å². The second-order valence-electron chi connectivity index (χ2n) is 4.43. The summed E-state index contributed by atoms with van der Waals surface area (Å²) in [6.07, 6.45) is 0.646. The lowest BCUT2D eigenvalue weighted by atomic mass is 9.97. The van der Waals surface area contributed by atoms with Gasteiger partial charge >= 0.3 is 5.97 Å². The number of nitrogens with one attached hydrogen (secondary N) is 1. The number of rotatable bonds is 3. The Morgan fingerprint density at radius 2 is 2.21 bits per heavy atom. The summed E-state index contributed by atoms with van der Waals surface area (Å²) in [7, 11) is 1.57. The average molecular weight is 263 g/mol. The van der Waals surface area contributed by atoms with Gasteiger partial charge in [-0.3, -0.25) is 9.59 Å². The lowest BCUT2D eigenvalue weighted by Gasteiger charge is -2.12. The third kappa shape index (κ3) is 3.05. The number of methoxy groups -OCH3 is 1. The molecular formula is C14H17NO4. The number of carbonyl (C=O) groups excluding carboxylic acids is 2. The van der Waals surface area contributed by atoms with Gasteiger partial charge in [-0.05, 0) is 25.0 Å². The highest BCUT2D eigenvalue weighted by Gasteiger charge is 2.28. The lowest BCUT2D eigenvalue weighted by Crippen LogP contribution is -2.23. The molecule has 0 aliphatic carbocycles. The van der Waals surface area contributed by atoms with Crippen LogP contribution in [0.4, 0.5) is 5.69 Å². The number of benzene rings is 1. The summed E-state index contributed by atoms with van der Waals surface area (Å²) in [4.78, 5) is 23.6. The van der Waals surface area contributed by atoms with Crippen LogP contribution in [0.15, 0.2) is 18.2 Å². The van der Waals surface area contributed by atoms with E-state index in [9.17, 15) is 9.59 Å². The zero-order valence-electron chi connectivity index (χ0n) is 11.1. The number of ether oxygens (including phenoxy) is 2. The lowest BCUT2D eigenvalue weighted by molar-refractivity contribution is -0.149. The molecule has 0 radical (unpaired) electrons. The van der Waals surface area contributed by atoms with Crippen molar-refractivity contribution in [2.24, 2.45) is 5.92 Å². The fraction of sp³-hybridized carbons (Fsp3) is 0.429. The molecule has 0 spiro atoms. The maximum Gasteiger partial charge on any atom is 0.309 e. The highest BCUT2D eigenvalue weighted by Crippen LogP contribution is 2.29. The first-order valence-corrected chi connectivity index (χ1v) is 6.27. The fourth-order valence-corrected chi connectivity index (χ4v) is 2.17. The Kier molecular flexibility index (Phi) is 4.04. The van der Waals surface area contributed by atoms with Crippen molar-refractivity contribution in [1.82, 2.24) is 0 Å². The Morgan fingerprint density at radius 1 is 1.42 bits per heavy atom. The molecule has 1 aliphatic rings. The van der Waals surface area contributed by atoms with E-state index in [0.717, 1.165) is 5.56 Å². The van der Waals surface area contributed by atoms with E-state index < -0.39 is 5.92 Å². The van der Waals surface area contributed by atoms with E-state index in [1.807, 2.05) is 12.1 Å². The first-order chi connectivity index (χ1) is 9.13. The van der Waals surface area contributed by atoms with Gasteiger partial charge in [0.2, 0.25) is 5.91 Å². The molecule has 1 heterocycles. The molecule has 0 bridgehead atoms. The molecule has 5 heteroatoms. The van der Waals surface area contributed by atoms with Crippen LogP contribution in [0.2, 0.25) is 0 Å². The van der Waals surface area contributed by atoms with Crippen LogP contribution in [-0.4, -0.2) is 25.6 Å². The number of anilines is 1.